The van der Waals surface area contributed by atoms with Crippen molar-refractivity contribution in [3.8, 4) is 17.2 Å². The second-order valence-corrected chi connectivity index (χ2v) is 5.98. The molecule has 0 aliphatic carbocycles. The average molecular weight is 414 g/mol. The minimum atomic E-state index is -0.529. The molecule has 0 N–H and O–H groups in total. The van der Waals surface area contributed by atoms with Gasteiger partial charge in [-0.1, -0.05) is 6.58 Å². The molecule has 0 heterocycles. The van der Waals surface area contributed by atoms with Crippen LogP contribution >= 0.6 is 0 Å². The van der Waals surface area contributed by atoms with Crippen LogP contribution in [0.5, 0.6) is 17.2 Å². The summed E-state index contributed by atoms with van der Waals surface area (Å²) < 4.78 is 25.6. The highest BCUT2D eigenvalue weighted by Crippen LogP contribution is 2.19. The van der Waals surface area contributed by atoms with Gasteiger partial charge in [0.15, 0.2) is 0 Å². The molecule has 158 valence electrons. The number of esters is 2. The number of ether oxygens (including phenoxy) is 5. The van der Waals surface area contributed by atoms with Gasteiger partial charge in [-0.05, 0) is 55.5 Å². The second kappa shape index (κ2) is 12.0. The monoisotopic (exact) mass is 414 g/mol. The predicted molar refractivity (Wildman–Crippen MR) is 107 cm³/mol. The van der Waals surface area contributed by atoms with Gasteiger partial charge < -0.3 is 23.7 Å². The molecule has 0 atom stereocenters. The molecule has 8 heteroatoms. The Morgan fingerprint density at radius 2 is 1.47 bits per heavy atom. The topological polar surface area (TPSA) is 97.4 Å². The van der Waals surface area contributed by atoms with Crippen molar-refractivity contribution in [1.29, 1.82) is 0 Å². The van der Waals surface area contributed by atoms with Crippen LogP contribution in [0.25, 0.3) is 0 Å². The van der Waals surface area contributed by atoms with E-state index in [0.29, 0.717) is 48.1 Å². The van der Waals surface area contributed by atoms with E-state index in [4.69, 9.17) is 18.9 Å². The Kier molecular flexibility index (Phi) is 9.08. The maximum Gasteiger partial charge on any atom is 0.343 e. The van der Waals surface area contributed by atoms with Crippen molar-refractivity contribution in [2.45, 2.75) is 6.92 Å². The van der Waals surface area contributed by atoms with Gasteiger partial charge in [-0.2, -0.15) is 0 Å². The molecule has 2 aromatic rings. The van der Waals surface area contributed by atoms with Crippen molar-refractivity contribution in [2.75, 3.05) is 26.4 Å². The van der Waals surface area contributed by atoms with E-state index in [9.17, 15) is 14.4 Å². The van der Waals surface area contributed by atoms with E-state index in [1.165, 1.54) is 24.3 Å². The molecule has 8 nitrogen and oxygen atoms in total. The third kappa shape index (κ3) is 7.76. The molecule has 0 saturated heterocycles. The number of hydrogen-bond acceptors (Lipinski definition) is 8. The van der Waals surface area contributed by atoms with E-state index in [1.807, 2.05) is 0 Å². The highest BCUT2D eigenvalue weighted by atomic mass is 16.6. The van der Waals surface area contributed by atoms with Crippen LogP contribution in [0.15, 0.2) is 60.7 Å². The molecule has 0 fully saturated rings. The molecular weight excluding hydrogens is 392 g/mol. The third-order valence-electron chi connectivity index (χ3n) is 3.61. The summed E-state index contributed by atoms with van der Waals surface area (Å²) in [5.41, 5.74) is 0.693. The molecule has 0 amide bonds. The Bertz CT molecular complexity index is 856. The van der Waals surface area contributed by atoms with Crippen LogP contribution in [0.4, 0.5) is 0 Å². The molecule has 0 aromatic heterocycles. The number of carbonyl (C=O) groups excluding carboxylic acids is 3. The van der Waals surface area contributed by atoms with Crippen molar-refractivity contribution >= 4 is 18.4 Å². The lowest BCUT2D eigenvalue weighted by Gasteiger charge is -2.09. The van der Waals surface area contributed by atoms with E-state index < -0.39 is 11.9 Å². The summed E-state index contributed by atoms with van der Waals surface area (Å²) in [6, 6.07) is 12.5. The molecule has 0 aliphatic heterocycles. The summed E-state index contributed by atoms with van der Waals surface area (Å²) in [4.78, 5) is 33.6. The molecule has 2 aromatic carbocycles. The van der Waals surface area contributed by atoms with Crippen LogP contribution < -0.4 is 14.2 Å². The van der Waals surface area contributed by atoms with Crippen molar-refractivity contribution < 1.29 is 38.1 Å². The molecule has 0 unspecified atom stereocenters. The Morgan fingerprint density at radius 3 is 2.10 bits per heavy atom. The van der Waals surface area contributed by atoms with Crippen LogP contribution in [0, 0.1) is 0 Å². The Balaban J connectivity index is 1.69. The van der Waals surface area contributed by atoms with Gasteiger partial charge in [-0.25, -0.2) is 9.59 Å². The van der Waals surface area contributed by atoms with Gasteiger partial charge in [-0.3, -0.25) is 4.79 Å². The molecule has 2 rings (SSSR count). The summed E-state index contributed by atoms with van der Waals surface area (Å²) in [7, 11) is 0. The lowest BCUT2D eigenvalue weighted by molar-refractivity contribution is -0.140. The van der Waals surface area contributed by atoms with Crippen LogP contribution in [-0.4, -0.2) is 44.8 Å². The van der Waals surface area contributed by atoms with Gasteiger partial charge in [0.05, 0.1) is 18.8 Å². The minimum Gasteiger partial charge on any atom is -0.491 e. The van der Waals surface area contributed by atoms with Gasteiger partial charge >= 0.3 is 11.9 Å². The molecule has 0 bridgehead atoms. The summed E-state index contributed by atoms with van der Waals surface area (Å²) in [5.74, 6) is 0.266. The third-order valence-corrected chi connectivity index (χ3v) is 3.61. The standard InChI is InChI=1S/C22H22O8/c1-16(2)21(24)28-14-12-26-11-13-27-18-5-3-17(4-6-18)22(25)30-20-9-7-19(8-10-20)29-15-23/h3-10,15H,1,11-14H2,2H3. The van der Waals surface area contributed by atoms with Gasteiger partial charge in [0.2, 0.25) is 0 Å². The fraction of sp³-hybridized carbons (Fsp3) is 0.227. The molecular formula is C22H22O8. The molecule has 0 aliphatic rings. The zero-order chi connectivity index (χ0) is 21.8. The lowest BCUT2D eigenvalue weighted by atomic mass is 10.2. The van der Waals surface area contributed by atoms with E-state index in [1.54, 1.807) is 31.2 Å². The van der Waals surface area contributed by atoms with E-state index in [2.05, 4.69) is 11.3 Å². The number of carbonyl (C=O) groups is 3. The smallest absolute Gasteiger partial charge is 0.343 e. The fourth-order valence-electron chi connectivity index (χ4n) is 2.13. The molecule has 0 radical (unpaired) electrons. The van der Waals surface area contributed by atoms with Crippen LogP contribution in [0.2, 0.25) is 0 Å². The van der Waals surface area contributed by atoms with E-state index in [-0.39, 0.29) is 13.2 Å². The fourth-order valence-corrected chi connectivity index (χ4v) is 2.13. The first-order chi connectivity index (χ1) is 14.5. The first-order valence-corrected chi connectivity index (χ1v) is 9.05. The molecule has 0 saturated carbocycles. The average Bonchev–Trinajstić information content (AvgIpc) is 2.74. The number of hydrogen-bond donors (Lipinski definition) is 0. The van der Waals surface area contributed by atoms with Crippen molar-refractivity contribution in [3.05, 3.63) is 66.2 Å². The van der Waals surface area contributed by atoms with E-state index >= 15 is 0 Å². The van der Waals surface area contributed by atoms with Crippen molar-refractivity contribution in [2.24, 2.45) is 0 Å². The predicted octanol–water partition coefficient (Wildman–Crippen LogP) is 2.96. The normalized spacial score (nSPS) is 10.0. The van der Waals surface area contributed by atoms with Gasteiger partial charge in [0, 0.05) is 5.57 Å². The minimum absolute atomic E-state index is 0.148. The summed E-state index contributed by atoms with van der Waals surface area (Å²) in [5, 5.41) is 0. The Hall–Kier alpha value is -3.65. The van der Waals surface area contributed by atoms with Crippen molar-refractivity contribution in [3.63, 3.8) is 0 Å². The van der Waals surface area contributed by atoms with Crippen LogP contribution in [0.1, 0.15) is 17.3 Å². The Labute approximate surface area is 174 Å². The van der Waals surface area contributed by atoms with Crippen LogP contribution in [-0.2, 0) is 19.1 Å². The first kappa shape index (κ1) is 22.6. The zero-order valence-corrected chi connectivity index (χ0v) is 16.5. The maximum absolute atomic E-state index is 12.2. The van der Waals surface area contributed by atoms with E-state index in [0.717, 1.165) is 0 Å². The lowest BCUT2D eigenvalue weighted by Crippen LogP contribution is -2.14. The summed E-state index contributed by atoms with van der Waals surface area (Å²) >= 11 is 0. The molecule has 30 heavy (non-hydrogen) atoms. The van der Waals surface area contributed by atoms with Crippen LogP contribution in [0.3, 0.4) is 0 Å². The SMILES string of the molecule is C=C(C)C(=O)OCCOCCOc1ccc(C(=O)Oc2ccc(OC=O)cc2)cc1. The number of rotatable bonds is 12. The second-order valence-electron chi connectivity index (χ2n) is 5.98. The Morgan fingerprint density at radius 1 is 0.867 bits per heavy atom. The van der Waals surface area contributed by atoms with Gasteiger partial charge in [-0.15, -0.1) is 0 Å². The first-order valence-electron chi connectivity index (χ1n) is 9.05. The van der Waals surface area contributed by atoms with Gasteiger partial charge in [0.1, 0.15) is 30.5 Å². The zero-order valence-electron chi connectivity index (χ0n) is 16.5. The highest BCUT2D eigenvalue weighted by molar-refractivity contribution is 5.91. The summed E-state index contributed by atoms with van der Waals surface area (Å²) in [6.45, 7) is 6.40. The van der Waals surface area contributed by atoms with Crippen molar-refractivity contribution in [1.82, 2.24) is 0 Å². The maximum atomic E-state index is 12.2. The van der Waals surface area contributed by atoms with Gasteiger partial charge in [0.25, 0.3) is 6.47 Å². The molecule has 0 spiro atoms. The largest absolute Gasteiger partial charge is 0.491 e. The summed E-state index contributed by atoms with van der Waals surface area (Å²) in [6.07, 6.45) is 0. The highest BCUT2D eigenvalue weighted by Gasteiger charge is 2.09. The quantitative estimate of drug-likeness (QED) is 0.172. The number of benzene rings is 2.